The molecule has 0 spiro atoms. The lowest BCUT2D eigenvalue weighted by Gasteiger charge is -2.16. The smallest absolute Gasteiger partial charge is 0.275 e. The summed E-state index contributed by atoms with van der Waals surface area (Å²) in [7, 11) is 0. The topological polar surface area (TPSA) is 75.4 Å². The molecule has 0 saturated carbocycles. The molecular weight excluding hydrogens is 410 g/mol. The lowest BCUT2D eigenvalue weighted by atomic mass is 10.1. The molecule has 0 unspecified atom stereocenters. The number of thiazole rings is 1. The van der Waals surface area contributed by atoms with E-state index in [1.807, 2.05) is 48.5 Å². The zero-order valence-corrected chi connectivity index (χ0v) is 17.4. The molecule has 0 aliphatic carbocycles. The van der Waals surface area contributed by atoms with Crippen LogP contribution in [0.5, 0.6) is 0 Å². The lowest BCUT2D eigenvalue weighted by Crippen LogP contribution is -2.28. The molecule has 31 heavy (non-hydrogen) atoms. The predicted octanol–water partition coefficient (Wildman–Crippen LogP) is 4.78. The highest BCUT2D eigenvalue weighted by Gasteiger charge is 2.26. The van der Waals surface area contributed by atoms with Crippen molar-refractivity contribution in [2.45, 2.75) is 12.8 Å². The molecule has 0 bridgehead atoms. The van der Waals surface area contributed by atoms with Crippen molar-refractivity contribution in [2.75, 3.05) is 16.8 Å². The number of hydrogen-bond donors (Lipinski definition) is 1. The summed E-state index contributed by atoms with van der Waals surface area (Å²) in [6.45, 7) is 0.603. The number of carbonyl (C=O) groups excluding carboxylic acids is 2. The van der Waals surface area contributed by atoms with E-state index in [0.29, 0.717) is 29.9 Å². The van der Waals surface area contributed by atoms with Crippen LogP contribution in [0, 0.1) is 0 Å². The number of aromatic nitrogens is 1. The number of carbonyl (C=O) groups is 2. The van der Waals surface area contributed by atoms with Gasteiger partial charge in [0.25, 0.3) is 11.8 Å². The Morgan fingerprint density at radius 1 is 1.13 bits per heavy atom. The molecule has 3 heterocycles. The third kappa shape index (κ3) is 4.00. The zero-order chi connectivity index (χ0) is 21.2. The second-order valence-corrected chi connectivity index (χ2v) is 8.25. The third-order valence-corrected chi connectivity index (χ3v) is 6.08. The maximum absolute atomic E-state index is 12.7. The van der Waals surface area contributed by atoms with Gasteiger partial charge in [0.1, 0.15) is 12.0 Å². The average Bonchev–Trinajstić information content (AvgIpc) is 3.54. The first-order valence-corrected chi connectivity index (χ1v) is 10.8. The van der Waals surface area contributed by atoms with Crippen LogP contribution in [0.3, 0.4) is 0 Å². The van der Waals surface area contributed by atoms with Gasteiger partial charge < -0.3 is 14.6 Å². The number of nitrogens with zero attached hydrogens (tertiary/aromatic N) is 2. The molecule has 0 fully saturated rings. The van der Waals surface area contributed by atoms with Crippen LogP contribution in [0.25, 0.3) is 0 Å². The molecule has 5 rings (SSSR count). The van der Waals surface area contributed by atoms with Gasteiger partial charge in [-0.05, 0) is 41.8 Å². The third-order valence-electron chi connectivity index (χ3n) is 5.23. The molecule has 0 radical (unpaired) electrons. The first kappa shape index (κ1) is 19.3. The maximum atomic E-state index is 12.7. The van der Waals surface area contributed by atoms with Crippen molar-refractivity contribution >= 4 is 34.5 Å². The SMILES string of the molecule is O=C(Nc1ccc2c(c1)CCN2C(=O)c1ccoc1)c1csc(Cc2ccccc2)n1. The van der Waals surface area contributed by atoms with E-state index < -0.39 is 0 Å². The quantitative estimate of drug-likeness (QED) is 0.495. The van der Waals surface area contributed by atoms with Crippen molar-refractivity contribution in [1.82, 2.24) is 4.98 Å². The predicted molar refractivity (Wildman–Crippen MR) is 120 cm³/mol. The summed E-state index contributed by atoms with van der Waals surface area (Å²) in [4.78, 5) is 31.5. The number of furan rings is 1. The van der Waals surface area contributed by atoms with Gasteiger partial charge >= 0.3 is 0 Å². The van der Waals surface area contributed by atoms with Gasteiger partial charge in [-0.2, -0.15) is 0 Å². The molecular formula is C24H19N3O3S. The van der Waals surface area contributed by atoms with E-state index in [-0.39, 0.29) is 11.8 Å². The zero-order valence-electron chi connectivity index (χ0n) is 16.6. The number of nitrogens with one attached hydrogen (secondary N) is 1. The van der Waals surface area contributed by atoms with Gasteiger partial charge in [0.2, 0.25) is 0 Å². The highest BCUT2D eigenvalue weighted by molar-refractivity contribution is 7.09. The standard InChI is InChI=1S/C24H19N3O3S/c28-23(20-15-31-22(26-20)12-16-4-2-1-3-5-16)25-19-6-7-21-17(13-19)8-10-27(21)24(29)18-9-11-30-14-18/h1-7,9,11,13-15H,8,10,12H2,(H,25,28). The fraction of sp³-hybridized carbons (Fsp3) is 0.125. The number of hydrogen-bond acceptors (Lipinski definition) is 5. The van der Waals surface area contributed by atoms with Crippen molar-refractivity contribution < 1.29 is 14.0 Å². The average molecular weight is 430 g/mol. The minimum absolute atomic E-state index is 0.0855. The number of amides is 2. The molecule has 0 saturated heterocycles. The Bertz CT molecular complexity index is 1230. The number of fused-ring (bicyclic) bond motifs is 1. The van der Waals surface area contributed by atoms with Gasteiger partial charge in [-0.3, -0.25) is 9.59 Å². The Morgan fingerprint density at radius 3 is 2.81 bits per heavy atom. The van der Waals surface area contributed by atoms with Crippen LogP contribution in [-0.4, -0.2) is 23.3 Å². The van der Waals surface area contributed by atoms with Crippen molar-refractivity contribution in [1.29, 1.82) is 0 Å². The number of anilines is 2. The van der Waals surface area contributed by atoms with Gasteiger partial charge in [-0.15, -0.1) is 11.3 Å². The van der Waals surface area contributed by atoms with E-state index in [2.05, 4.69) is 10.3 Å². The molecule has 0 atom stereocenters. The second-order valence-electron chi connectivity index (χ2n) is 7.31. The minimum Gasteiger partial charge on any atom is -0.472 e. The largest absolute Gasteiger partial charge is 0.472 e. The molecule has 6 nitrogen and oxygen atoms in total. The van der Waals surface area contributed by atoms with E-state index in [1.54, 1.807) is 16.3 Å². The fourth-order valence-electron chi connectivity index (χ4n) is 3.69. The molecule has 1 aliphatic rings. The van der Waals surface area contributed by atoms with E-state index in [4.69, 9.17) is 4.42 Å². The molecule has 154 valence electrons. The van der Waals surface area contributed by atoms with Crippen LogP contribution in [0.2, 0.25) is 0 Å². The highest BCUT2D eigenvalue weighted by atomic mass is 32.1. The first-order chi connectivity index (χ1) is 15.2. The maximum Gasteiger partial charge on any atom is 0.275 e. The summed E-state index contributed by atoms with van der Waals surface area (Å²) in [6, 6.07) is 17.3. The molecule has 4 aromatic rings. The van der Waals surface area contributed by atoms with Gasteiger partial charge in [-0.25, -0.2) is 4.98 Å². The Morgan fingerprint density at radius 2 is 2.00 bits per heavy atom. The Kier molecular flexibility index (Phi) is 5.09. The molecule has 2 aromatic heterocycles. The minimum atomic E-state index is -0.236. The van der Waals surface area contributed by atoms with E-state index in [0.717, 1.165) is 28.2 Å². The summed E-state index contributed by atoms with van der Waals surface area (Å²) < 4.78 is 5.02. The fourth-order valence-corrected chi connectivity index (χ4v) is 4.50. The van der Waals surface area contributed by atoms with Gasteiger partial charge in [-0.1, -0.05) is 30.3 Å². The van der Waals surface area contributed by atoms with Crippen LogP contribution >= 0.6 is 11.3 Å². The van der Waals surface area contributed by atoms with Crippen LogP contribution in [0.4, 0.5) is 11.4 Å². The number of rotatable bonds is 5. The van der Waals surface area contributed by atoms with Crippen LogP contribution in [0.15, 0.2) is 76.9 Å². The van der Waals surface area contributed by atoms with Crippen molar-refractivity contribution in [3.05, 3.63) is 99.9 Å². The normalized spacial score (nSPS) is 12.6. The Balaban J connectivity index is 1.27. The van der Waals surface area contributed by atoms with E-state index in [9.17, 15) is 9.59 Å². The van der Waals surface area contributed by atoms with Crippen molar-refractivity contribution in [3.63, 3.8) is 0 Å². The van der Waals surface area contributed by atoms with Crippen molar-refractivity contribution in [3.8, 4) is 0 Å². The van der Waals surface area contributed by atoms with Crippen LogP contribution in [0.1, 0.15) is 37.0 Å². The van der Waals surface area contributed by atoms with Crippen LogP contribution < -0.4 is 10.2 Å². The molecule has 2 amide bonds. The van der Waals surface area contributed by atoms with Gasteiger partial charge in [0.15, 0.2) is 0 Å². The van der Waals surface area contributed by atoms with Crippen LogP contribution in [-0.2, 0) is 12.8 Å². The summed E-state index contributed by atoms with van der Waals surface area (Å²) in [5, 5.41) is 5.61. The summed E-state index contributed by atoms with van der Waals surface area (Å²) in [5.41, 5.74) is 4.69. The Hall–Kier alpha value is -3.71. The first-order valence-electron chi connectivity index (χ1n) is 9.94. The number of benzene rings is 2. The monoisotopic (exact) mass is 429 g/mol. The molecule has 7 heteroatoms. The molecule has 1 aliphatic heterocycles. The second kappa shape index (κ2) is 8.20. The van der Waals surface area contributed by atoms with E-state index >= 15 is 0 Å². The lowest BCUT2D eigenvalue weighted by molar-refractivity contribution is 0.0986. The van der Waals surface area contributed by atoms with E-state index in [1.165, 1.54) is 23.9 Å². The van der Waals surface area contributed by atoms with Gasteiger partial charge in [0, 0.05) is 29.7 Å². The summed E-state index contributed by atoms with van der Waals surface area (Å²) >= 11 is 1.48. The highest BCUT2D eigenvalue weighted by Crippen LogP contribution is 2.32. The van der Waals surface area contributed by atoms with Gasteiger partial charge in [0.05, 0.1) is 16.8 Å². The summed E-state index contributed by atoms with van der Waals surface area (Å²) in [6.07, 6.45) is 4.39. The molecule has 2 aromatic carbocycles. The van der Waals surface area contributed by atoms with Crippen molar-refractivity contribution in [2.24, 2.45) is 0 Å². The Labute approximate surface area is 183 Å². The molecule has 1 N–H and O–H groups in total. The summed E-state index contributed by atoms with van der Waals surface area (Å²) in [5.74, 6) is -0.322.